The normalized spacial score (nSPS) is 31.8. The Morgan fingerprint density at radius 2 is 2.38 bits per heavy atom. The van der Waals surface area contributed by atoms with Gasteiger partial charge in [-0.15, -0.1) is 0 Å². The SMILES string of the molecule is COCC1=CCN(CC2CNCC2C)CC1. The maximum absolute atomic E-state index is 5.17. The Morgan fingerprint density at radius 1 is 1.50 bits per heavy atom. The summed E-state index contributed by atoms with van der Waals surface area (Å²) >= 11 is 0. The molecule has 2 aliphatic heterocycles. The highest BCUT2D eigenvalue weighted by Crippen LogP contribution is 2.19. The lowest BCUT2D eigenvalue weighted by Gasteiger charge is -2.29. The van der Waals surface area contributed by atoms with E-state index in [1.54, 1.807) is 7.11 Å². The van der Waals surface area contributed by atoms with Crippen LogP contribution in [0, 0.1) is 11.8 Å². The van der Waals surface area contributed by atoms with Crippen molar-refractivity contribution in [1.82, 2.24) is 10.2 Å². The lowest BCUT2D eigenvalue weighted by Crippen LogP contribution is -2.36. The van der Waals surface area contributed by atoms with Crippen LogP contribution in [0.2, 0.25) is 0 Å². The van der Waals surface area contributed by atoms with Crippen molar-refractivity contribution in [1.29, 1.82) is 0 Å². The van der Waals surface area contributed by atoms with Crippen LogP contribution in [0.25, 0.3) is 0 Å². The van der Waals surface area contributed by atoms with Gasteiger partial charge < -0.3 is 10.1 Å². The minimum atomic E-state index is 0.815. The van der Waals surface area contributed by atoms with E-state index < -0.39 is 0 Å². The molecule has 0 aromatic heterocycles. The summed E-state index contributed by atoms with van der Waals surface area (Å²) in [5.41, 5.74) is 1.47. The average molecular weight is 224 g/mol. The first kappa shape index (κ1) is 12.1. The third kappa shape index (κ3) is 3.06. The second kappa shape index (κ2) is 5.80. The van der Waals surface area contributed by atoms with E-state index in [1.165, 1.54) is 38.2 Å². The van der Waals surface area contributed by atoms with Gasteiger partial charge in [-0.25, -0.2) is 0 Å². The molecule has 92 valence electrons. The number of rotatable bonds is 4. The van der Waals surface area contributed by atoms with E-state index in [0.29, 0.717) is 0 Å². The van der Waals surface area contributed by atoms with Gasteiger partial charge in [0.25, 0.3) is 0 Å². The zero-order chi connectivity index (χ0) is 11.4. The number of nitrogens with zero attached hydrogens (tertiary/aromatic N) is 1. The maximum atomic E-state index is 5.17. The Balaban J connectivity index is 1.76. The van der Waals surface area contributed by atoms with Gasteiger partial charge in [0.1, 0.15) is 0 Å². The van der Waals surface area contributed by atoms with Gasteiger partial charge in [-0.05, 0) is 36.9 Å². The van der Waals surface area contributed by atoms with Gasteiger partial charge in [-0.1, -0.05) is 13.0 Å². The molecule has 1 N–H and O–H groups in total. The Bertz CT molecular complexity index is 252. The lowest BCUT2D eigenvalue weighted by atomic mass is 9.96. The van der Waals surface area contributed by atoms with Crippen molar-refractivity contribution in [3.05, 3.63) is 11.6 Å². The minimum Gasteiger partial charge on any atom is -0.380 e. The molecule has 2 aliphatic rings. The summed E-state index contributed by atoms with van der Waals surface area (Å²) in [6.07, 6.45) is 3.53. The molecule has 0 spiro atoms. The van der Waals surface area contributed by atoms with E-state index in [9.17, 15) is 0 Å². The Kier molecular flexibility index (Phi) is 4.38. The second-order valence-corrected chi connectivity index (χ2v) is 5.20. The molecular formula is C13H24N2O. The van der Waals surface area contributed by atoms with E-state index in [2.05, 4.69) is 23.2 Å². The summed E-state index contributed by atoms with van der Waals surface area (Å²) in [7, 11) is 1.78. The second-order valence-electron chi connectivity index (χ2n) is 5.20. The molecule has 0 amide bonds. The van der Waals surface area contributed by atoms with Crippen LogP contribution in [0.15, 0.2) is 11.6 Å². The summed E-state index contributed by atoms with van der Waals surface area (Å²) in [6, 6.07) is 0. The lowest BCUT2D eigenvalue weighted by molar-refractivity contribution is 0.200. The van der Waals surface area contributed by atoms with E-state index in [1.807, 2.05) is 0 Å². The van der Waals surface area contributed by atoms with Crippen LogP contribution >= 0.6 is 0 Å². The summed E-state index contributed by atoms with van der Waals surface area (Å²) in [4.78, 5) is 2.58. The molecule has 0 aromatic rings. The number of hydrogen-bond donors (Lipinski definition) is 1. The predicted octanol–water partition coefficient (Wildman–Crippen LogP) is 1.12. The highest BCUT2D eigenvalue weighted by Gasteiger charge is 2.25. The molecule has 2 rings (SSSR count). The molecule has 16 heavy (non-hydrogen) atoms. The third-order valence-electron chi connectivity index (χ3n) is 3.89. The summed E-state index contributed by atoms with van der Waals surface area (Å²) in [5.74, 6) is 1.68. The molecule has 0 saturated carbocycles. The van der Waals surface area contributed by atoms with Crippen LogP contribution in [0.3, 0.4) is 0 Å². The molecule has 0 bridgehead atoms. The van der Waals surface area contributed by atoms with Crippen LogP contribution in [-0.2, 0) is 4.74 Å². The van der Waals surface area contributed by atoms with Crippen LogP contribution in [-0.4, -0.2) is 51.3 Å². The first-order chi connectivity index (χ1) is 7.79. The van der Waals surface area contributed by atoms with Gasteiger partial charge in [0.05, 0.1) is 6.61 Å². The fraction of sp³-hybridized carbons (Fsp3) is 0.846. The quantitative estimate of drug-likeness (QED) is 0.724. The molecule has 1 fully saturated rings. The van der Waals surface area contributed by atoms with Crippen molar-refractivity contribution in [3.8, 4) is 0 Å². The van der Waals surface area contributed by atoms with E-state index in [-0.39, 0.29) is 0 Å². The number of hydrogen-bond acceptors (Lipinski definition) is 3. The predicted molar refractivity (Wildman–Crippen MR) is 66.5 cm³/mol. The van der Waals surface area contributed by atoms with Gasteiger partial charge in [0.2, 0.25) is 0 Å². The Morgan fingerprint density at radius 3 is 2.94 bits per heavy atom. The number of methoxy groups -OCH3 is 1. The van der Waals surface area contributed by atoms with Gasteiger partial charge in [-0.2, -0.15) is 0 Å². The highest BCUT2D eigenvalue weighted by molar-refractivity contribution is 5.07. The maximum Gasteiger partial charge on any atom is 0.0673 e. The van der Waals surface area contributed by atoms with Crippen molar-refractivity contribution in [2.75, 3.05) is 46.4 Å². The smallest absolute Gasteiger partial charge is 0.0673 e. The summed E-state index contributed by atoms with van der Waals surface area (Å²) in [5, 5.41) is 3.48. The van der Waals surface area contributed by atoms with Crippen molar-refractivity contribution in [2.24, 2.45) is 11.8 Å². The molecule has 3 heteroatoms. The van der Waals surface area contributed by atoms with E-state index in [0.717, 1.165) is 25.0 Å². The molecular weight excluding hydrogens is 200 g/mol. The van der Waals surface area contributed by atoms with Gasteiger partial charge in [-0.3, -0.25) is 4.90 Å². The summed E-state index contributed by atoms with van der Waals surface area (Å²) < 4.78 is 5.17. The van der Waals surface area contributed by atoms with E-state index in [4.69, 9.17) is 4.74 Å². The monoisotopic (exact) mass is 224 g/mol. The Labute approximate surface area is 98.8 Å². The molecule has 3 nitrogen and oxygen atoms in total. The molecule has 2 heterocycles. The third-order valence-corrected chi connectivity index (χ3v) is 3.89. The van der Waals surface area contributed by atoms with Gasteiger partial charge in [0, 0.05) is 26.7 Å². The molecule has 0 radical (unpaired) electrons. The first-order valence-corrected chi connectivity index (χ1v) is 6.39. The molecule has 0 aliphatic carbocycles. The highest BCUT2D eigenvalue weighted by atomic mass is 16.5. The van der Waals surface area contributed by atoms with Crippen LogP contribution in [0.5, 0.6) is 0 Å². The molecule has 1 saturated heterocycles. The average Bonchev–Trinajstić information content (AvgIpc) is 2.68. The topological polar surface area (TPSA) is 24.5 Å². The fourth-order valence-electron chi connectivity index (χ4n) is 2.68. The standard InChI is InChI=1S/C13H24N2O/c1-11-7-14-8-13(11)9-15-5-3-12(4-6-15)10-16-2/h3,11,13-14H,4-10H2,1-2H3. The van der Waals surface area contributed by atoms with Crippen molar-refractivity contribution < 1.29 is 4.74 Å². The Hall–Kier alpha value is -0.380. The van der Waals surface area contributed by atoms with E-state index >= 15 is 0 Å². The van der Waals surface area contributed by atoms with Crippen LogP contribution < -0.4 is 5.32 Å². The zero-order valence-corrected chi connectivity index (χ0v) is 10.5. The van der Waals surface area contributed by atoms with Crippen molar-refractivity contribution in [2.45, 2.75) is 13.3 Å². The summed E-state index contributed by atoms with van der Waals surface area (Å²) in [6.45, 7) is 9.15. The van der Waals surface area contributed by atoms with Crippen LogP contribution in [0.1, 0.15) is 13.3 Å². The molecule has 0 aromatic carbocycles. The molecule has 2 unspecified atom stereocenters. The molecule has 2 atom stereocenters. The fourth-order valence-corrected chi connectivity index (χ4v) is 2.68. The van der Waals surface area contributed by atoms with Crippen molar-refractivity contribution in [3.63, 3.8) is 0 Å². The first-order valence-electron chi connectivity index (χ1n) is 6.39. The largest absolute Gasteiger partial charge is 0.380 e. The number of nitrogens with one attached hydrogen (secondary N) is 1. The zero-order valence-electron chi connectivity index (χ0n) is 10.5. The van der Waals surface area contributed by atoms with Crippen molar-refractivity contribution >= 4 is 0 Å². The van der Waals surface area contributed by atoms with Gasteiger partial charge >= 0.3 is 0 Å². The number of ether oxygens (including phenoxy) is 1. The minimum absolute atomic E-state index is 0.815. The van der Waals surface area contributed by atoms with Crippen LogP contribution in [0.4, 0.5) is 0 Å². The van der Waals surface area contributed by atoms with Gasteiger partial charge in [0.15, 0.2) is 0 Å².